The van der Waals surface area contributed by atoms with E-state index in [0.717, 1.165) is 0 Å². The summed E-state index contributed by atoms with van der Waals surface area (Å²) in [6.45, 7) is 5.97. The molecule has 0 spiro atoms. The molecule has 0 saturated heterocycles. The van der Waals surface area contributed by atoms with Gasteiger partial charge in [-0.2, -0.15) is 11.8 Å². The molecule has 5 unspecified atom stereocenters. The summed E-state index contributed by atoms with van der Waals surface area (Å²) >= 11 is 1.55. The molecular formula is C17H32N4O6S. The Morgan fingerprint density at radius 2 is 1.43 bits per heavy atom. The van der Waals surface area contributed by atoms with E-state index in [1.165, 1.54) is 13.8 Å². The number of carbonyl (C=O) groups excluding carboxylic acids is 3. The van der Waals surface area contributed by atoms with Crippen LogP contribution in [0.15, 0.2) is 0 Å². The molecule has 0 aliphatic carbocycles. The number of carbonyl (C=O) groups is 4. The number of thioether (sulfide) groups is 1. The third-order valence-corrected chi connectivity index (χ3v) is 4.65. The van der Waals surface area contributed by atoms with Gasteiger partial charge in [0.2, 0.25) is 17.7 Å². The Labute approximate surface area is 169 Å². The fraction of sp³-hybridized carbons (Fsp3) is 0.765. The zero-order valence-corrected chi connectivity index (χ0v) is 17.7. The van der Waals surface area contributed by atoms with Crippen molar-refractivity contribution in [3.8, 4) is 0 Å². The maximum absolute atomic E-state index is 12.6. The summed E-state index contributed by atoms with van der Waals surface area (Å²) in [5.41, 5.74) is 5.82. The molecule has 11 heteroatoms. The van der Waals surface area contributed by atoms with Crippen LogP contribution in [0.5, 0.6) is 0 Å². The van der Waals surface area contributed by atoms with Crippen LogP contribution in [0.25, 0.3) is 0 Å². The molecule has 5 atom stereocenters. The monoisotopic (exact) mass is 420 g/mol. The van der Waals surface area contributed by atoms with Crippen LogP contribution < -0.4 is 21.7 Å². The molecule has 0 fully saturated rings. The van der Waals surface area contributed by atoms with Crippen molar-refractivity contribution in [2.45, 2.75) is 64.4 Å². The number of amides is 3. The number of rotatable bonds is 12. The highest BCUT2D eigenvalue weighted by Gasteiger charge is 2.32. The number of hydrogen-bond acceptors (Lipinski definition) is 7. The van der Waals surface area contributed by atoms with Crippen molar-refractivity contribution in [2.75, 3.05) is 12.0 Å². The van der Waals surface area contributed by atoms with E-state index in [0.29, 0.717) is 12.2 Å². The quantitative estimate of drug-likeness (QED) is 0.225. The maximum Gasteiger partial charge on any atom is 0.325 e. The molecule has 0 rings (SSSR count). The van der Waals surface area contributed by atoms with E-state index in [9.17, 15) is 24.3 Å². The van der Waals surface area contributed by atoms with Gasteiger partial charge in [0.1, 0.15) is 18.1 Å². The van der Waals surface area contributed by atoms with Crippen LogP contribution in [0, 0.1) is 5.92 Å². The summed E-state index contributed by atoms with van der Waals surface area (Å²) in [7, 11) is 0. The first-order valence-electron chi connectivity index (χ1n) is 8.98. The molecule has 0 aromatic rings. The van der Waals surface area contributed by atoms with Crippen LogP contribution in [0.3, 0.4) is 0 Å². The number of carboxylic acid groups (broad SMARTS) is 1. The molecule has 0 saturated carbocycles. The minimum Gasteiger partial charge on any atom is -0.480 e. The minimum absolute atomic E-state index is 0.313. The normalized spacial score (nSPS) is 16.4. The largest absolute Gasteiger partial charge is 0.480 e. The molecule has 0 aromatic carbocycles. The maximum atomic E-state index is 12.6. The lowest BCUT2D eigenvalue weighted by Gasteiger charge is -2.27. The fourth-order valence-electron chi connectivity index (χ4n) is 2.18. The van der Waals surface area contributed by atoms with Crippen LogP contribution in [0.4, 0.5) is 0 Å². The number of aliphatic hydroxyl groups excluding tert-OH is 1. The van der Waals surface area contributed by atoms with Gasteiger partial charge in [0.15, 0.2) is 0 Å². The number of aliphatic carboxylic acids is 1. The molecule has 0 radical (unpaired) electrons. The topological polar surface area (TPSA) is 171 Å². The lowest BCUT2D eigenvalue weighted by molar-refractivity contribution is -0.142. The smallest absolute Gasteiger partial charge is 0.325 e. The average molecular weight is 421 g/mol. The van der Waals surface area contributed by atoms with Crippen LogP contribution in [-0.4, -0.2) is 76.2 Å². The van der Waals surface area contributed by atoms with Gasteiger partial charge in [0.25, 0.3) is 0 Å². The summed E-state index contributed by atoms with van der Waals surface area (Å²) in [6.07, 6.45) is 1.06. The molecule has 0 aromatic heterocycles. The van der Waals surface area contributed by atoms with E-state index >= 15 is 0 Å². The van der Waals surface area contributed by atoms with Gasteiger partial charge in [-0.3, -0.25) is 19.2 Å². The molecule has 3 amide bonds. The van der Waals surface area contributed by atoms with Crippen LogP contribution in [0.1, 0.15) is 34.1 Å². The molecule has 0 aliphatic heterocycles. The highest BCUT2D eigenvalue weighted by molar-refractivity contribution is 7.98. The zero-order chi connectivity index (χ0) is 22.0. The Balaban J connectivity index is 5.14. The first kappa shape index (κ1) is 26.1. The first-order valence-corrected chi connectivity index (χ1v) is 10.4. The minimum atomic E-state index is -1.38. The molecule has 0 heterocycles. The third kappa shape index (κ3) is 8.89. The molecule has 7 N–H and O–H groups in total. The summed E-state index contributed by atoms with van der Waals surface area (Å²) in [5, 5.41) is 25.9. The van der Waals surface area contributed by atoms with Crippen molar-refractivity contribution in [1.29, 1.82) is 0 Å². The van der Waals surface area contributed by atoms with Crippen molar-refractivity contribution >= 4 is 35.5 Å². The Hall–Kier alpha value is -1.85. The molecule has 28 heavy (non-hydrogen) atoms. The highest BCUT2D eigenvalue weighted by Crippen LogP contribution is 2.06. The van der Waals surface area contributed by atoms with Gasteiger partial charge in [-0.1, -0.05) is 13.8 Å². The summed E-state index contributed by atoms with van der Waals surface area (Å²) in [4.78, 5) is 47.9. The Morgan fingerprint density at radius 3 is 1.86 bits per heavy atom. The van der Waals surface area contributed by atoms with Crippen LogP contribution >= 0.6 is 11.8 Å². The van der Waals surface area contributed by atoms with Crippen LogP contribution in [-0.2, 0) is 19.2 Å². The Kier molecular flexibility index (Phi) is 11.7. The highest BCUT2D eigenvalue weighted by atomic mass is 32.2. The molecular weight excluding hydrogens is 388 g/mol. The number of nitrogens with two attached hydrogens (primary N) is 1. The van der Waals surface area contributed by atoms with E-state index in [2.05, 4.69) is 16.0 Å². The molecule has 0 bridgehead atoms. The van der Waals surface area contributed by atoms with Crippen LogP contribution in [0.2, 0.25) is 0 Å². The van der Waals surface area contributed by atoms with Gasteiger partial charge in [0.05, 0.1) is 12.1 Å². The average Bonchev–Trinajstić information content (AvgIpc) is 2.60. The van der Waals surface area contributed by atoms with E-state index in [1.54, 1.807) is 25.6 Å². The predicted molar refractivity (Wildman–Crippen MR) is 107 cm³/mol. The standard InChI is InChI=1S/C17H32N4O6S/c1-8(2)12(20-14(23)11(18)6-7-28-5)15(24)21-13(10(4)22)16(25)19-9(3)17(26)27/h8-13,22H,6-7,18H2,1-5H3,(H,19,25)(H,20,23)(H,21,24)(H,26,27). The Morgan fingerprint density at radius 1 is 0.929 bits per heavy atom. The number of aliphatic hydroxyl groups is 1. The van der Waals surface area contributed by atoms with Gasteiger partial charge < -0.3 is 31.9 Å². The number of hydrogen-bond donors (Lipinski definition) is 6. The number of nitrogens with one attached hydrogen (secondary N) is 3. The second kappa shape index (κ2) is 12.6. The predicted octanol–water partition coefficient (Wildman–Crippen LogP) is -1.34. The summed E-state index contributed by atoms with van der Waals surface area (Å²) in [5.74, 6) is -2.88. The van der Waals surface area contributed by atoms with Gasteiger partial charge in [-0.05, 0) is 38.2 Å². The lowest BCUT2D eigenvalue weighted by Crippen LogP contribution is -2.60. The van der Waals surface area contributed by atoms with E-state index < -0.39 is 54.0 Å². The molecule has 162 valence electrons. The van der Waals surface area contributed by atoms with E-state index in [4.69, 9.17) is 10.8 Å². The third-order valence-electron chi connectivity index (χ3n) is 4.01. The lowest BCUT2D eigenvalue weighted by atomic mass is 10.0. The fourth-order valence-corrected chi connectivity index (χ4v) is 2.67. The van der Waals surface area contributed by atoms with E-state index in [1.807, 2.05) is 6.26 Å². The molecule has 0 aliphatic rings. The SMILES string of the molecule is CSCCC(N)C(=O)NC(C(=O)NC(C(=O)NC(C)C(=O)O)C(C)O)C(C)C. The second-order valence-electron chi connectivity index (χ2n) is 6.91. The van der Waals surface area contributed by atoms with Crippen molar-refractivity contribution in [2.24, 2.45) is 11.7 Å². The Bertz CT molecular complexity index is 558. The summed E-state index contributed by atoms with van der Waals surface area (Å²) in [6, 6.07) is -4.31. The van der Waals surface area contributed by atoms with Gasteiger partial charge in [-0.25, -0.2) is 0 Å². The van der Waals surface area contributed by atoms with Gasteiger partial charge in [-0.15, -0.1) is 0 Å². The van der Waals surface area contributed by atoms with Crippen molar-refractivity contribution in [1.82, 2.24) is 16.0 Å². The first-order chi connectivity index (χ1) is 12.9. The van der Waals surface area contributed by atoms with Crippen molar-refractivity contribution in [3.05, 3.63) is 0 Å². The van der Waals surface area contributed by atoms with Crippen molar-refractivity contribution < 1.29 is 29.4 Å². The van der Waals surface area contributed by atoms with Gasteiger partial charge >= 0.3 is 5.97 Å². The second-order valence-corrected chi connectivity index (χ2v) is 7.90. The summed E-state index contributed by atoms with van der Waals surface area (Å²) < 4.78 is 0. The van der Waals surface area contributed by atoms with E-state index in [-0.39, 0.29) is 5.92 Å². The molecule has 10 nitrogen and oxygen atoms in total. The van der Waals surface area contributed by atoms with Gasteiger partial charge in [0, 0.05) is 0 Å². The van der Waals surface area contributed by atoms with Crippen molar-refractivity contribution in [3.63, 3.8) is 0 Å². The zero-order valence-electron chi connectivity index (χ0n) is 16.9. The number of carboxylic acids is 1.